The third-order valence-corrected chi connectivity index (χ3v) is 4.47. The molecule has 0 unspecified atom stereocenters. The molecular formula is C18H14N8O2. The van der Waals surface area contributed by atoms with E-state index >= 15 is 0 Å². The average Bonchev–Trinajstić information content (AvgIpc) is 3.06. The number of nitrogens with two attached hydrogens (primary N) is 1. The van der Waals surface area contributed by atoms with Crippen LogP contribution in [0.5, 0.6) is 5.88 Å². The molecular weight excluding hydrogens is 360 g/mol. The lowest BCUT2D eigenvalue weighted by molar-refractivity contribution is 0.0990. The summed E-state index contributed by atoms with van der Waals surface area (Å²) >= 11 is 0. The van der Waals surface area contributed by atoms with E-state index in [-0.39, 0.29) is 29.8 Å². The third-order valence-electron chi connectivity index (χ3n) is 4.47. The Kier molecular flexibility index (Phi) is 3.61. The number of pyridine rings is 1. The van der Waals surface area contributed by atoms with Crippen LogP contribution < -0.4 is 15.4 Å². The molecule has 0 bridgehead atoms. The van der Waals surface area contributed by atoms with Gasteiger partial charge in [0.05, 0.1) is 24.6 Å². The highest BCUT2D eigenvalue weighted by atomic mass is 16.5. The molecule has 28 heavy (non-hydrogen) atoms. The van der Waals surface area contributed by atoms with E-state index in [1.54, 1.807) is 29.7 Å². The number of carbonyl (C=O) groups excluding carboxylic acids is 1. The van der Waals surface area contributed by atoms with Gasteiger partial charge in [0.25, 0.3) is 5.91 Å². The molecule has 0 atom stereocenters. The van der Waals surface area contributed by atoms with Gasteiger partial charge >= 0.3 is 0 Å². The van der Waals surface area contributed by atoms with Gasteiger partial charge in [0.15, 0.2) is 5.82 Å². The first-order valence-electron chi connectivity index (χ1n) is 8.51. The Morgan fingerprint density at radius 2 is 2.04 bits per heavy atom. The van der Waals surface area contributed by atoms with E-state index in [0.29, 0.717) is 23.7 Å². The predicted octanol–water partition coefficient (Wildman–Crippen LogP) is 1.23. The molecule has 0 radical (unpaired) electrons. The summed E-state index contributed by atoms with van der Waals surface area (Å²) in [5.74, 6) is 0.628. The Bertz CT molecular complexity index is 1190. The lowest BCUT2D eigenvalue weighted by Crippen LogP contribution is -2.32. The number of fused-ring (bicyclic) bond motifs is 2. The first-order valence-corrected chi connectivity index (χ1v) is 8.51. The fourth-order valence-corrected chi connectivity index (χ4v) is 3.17. The second kappa shape index (κ2) is 6.27. The Morgan fingerprint density at radius 3 is 2.89 bits per heavy atom. The maximum atomic E-state index is 13.1. The van der Waals surface area contributed by atoms with Gasteiger partial charge in [0.2, 0.25) is 5.88 Å². The van der Waals surface area contributed by atoms with Crippen molar-refractivity contribution >= 4 is 28.4 Å². The standard InChI is InChI=1S/C18H14N8O2/c19-15-14-17(24-10-23-15)28-6-5-25(18(14)27)12-7-11-1-4-26(16(11)22-8-12)13-9-20-2-3-21-13/h1-4,7-10H,5-6H2,(H2,19,23,24). The zero-order chi connectivity index (χ0) is 19.1. The van der Waals surface area contributed by atoms with Gasteiger partial charge in [-0.15, -0.1) is 0 Å². The van der Waals surface area contributed by atoms with Crippen molar-refractivity contribution in [2.75, 3.05) is 23.8 Å². The number of hydrogen-bond donors (Lipinski definition) is 1. The molecule has 0 spiro atoms. The van der Waals surface area contributed by atoms with Crippen molar-refractivity contribution in [3.05, 3.63) is 55.0 Å². The van der Waals surface area contributed by atoms with E-state index in [2.05, 4.69) is 24.9 Å². The SMILES string of the molecule is Nc1ncnc2c1C(=O)N(c1cnc3c(ccn3-c3cnccn3)c1)CCO2. The molecule has 0 saturated heterocycles. The molecule has 0 aliphatic carbocycles. The van der Waals surface area contributed by atoms with E-state index in [1.165, 1.54) is 6.33 Å². The number of nitrogen functional groups attached to an aromatic ring is 1. The van der Waals surface area contributed by atoms with Gasteiger partial charge in [-0.25, -0.2) is 19.9 Å². The summed E-state index contributed by atoms with van der Waals surface area (Å²) in [5, 5.41) is 0.860. The first-order chi connectivity index (χ1) is 13.7. The first kappa shape index (κ1) is 16.1. The molecule has 0 saturated carbocycles. The highest BCUT2D eigenvalue weighted by Crippen LogP contribution is 2.29. The molecule has 4 aromatic rings. The van der Waals surface area contributed by atoms with E-state index in [9.17, 15) is 4.79 Å². The minimum Gasteiger partial charge on any atom is -0.475 e. The van der Waals surface area contributed by atoms with Gasteiger partial charge in [0, 0.05) is 24.0 Å². The smallest absolute Gasteiger partial charge is 0.267 e. The zero-order valence-electron chi connectivity index (χ0n) is 14.6. The monoisotopic (exact) mass is 374 g/mol. The Hall–Kier alpha value is -4.08. The van der Waals surface area contributed by atoms with Crippen LogP contribution in [0.3, 0.4) is 0 Å². The lowest BCUT2D eigenvalue weighted by atomic mass is 10.2. The number of nitrogens with zero attached hydrogens (tertiary/aromatic N) is 7. The van der Waals surface area contributed by atoms with Gasteiger partial charge in [-0.05, 0) is 12.1 Å². The second-order valence-electron chi connectivity index (χ2n) is 6.10. The maximum absolute atomic E-state index is 13.1. The largest absolute Gasteiger partial charge is 0.475 e. The number of amides is 1. The molecule has 5 rings (SSSR count). The molecule has 4 aromatic heterocycles. The van der Waals surface area contributed by atoms with Crippen LogP contribution >= 0.6 is 0 Å². The number of anilines is 2. The highest BCUT2D eigenvalue weighted by molar-refractivity contribution is 6.11. The Morgan fingerprint density at radius 1 is 1.11 bits per heavy atom. The van der Waals surface area contributed by atoms with Gasteiger partial charge in [-0.2, -0.15) is 0 Å². The van der Waals surface area contributed by atoms with Crippen LogP contribution in [0, 0.1) is 0 Å². The molecule has 10 nitrogen and oxygen atoms in total. The van der Waals surface area contributed by atoms with Gasteiger partial charge in [-0.3, -0.25) is 14.3 Å². The molecule has 10 heteroatoms. The van der Waals surface area contributed by atoms with Gasteiger partial charge < -0.3 is 15.4 Å². The molecule has 5 heterocycles. The average molecular weight is 374 g/mol. The normalized spacial score (nSPS) is 13.9. The maximum Gasteiger partial charge on any atom is 0.267 e. The number of aromatic nitrogens is 6. The third kappa shape index (κ3) is 2.50. The summed E-state index contributed by atoms with van der Waals surface area (Å²) in [6.45, 7) is 0.626. The van der Waals surface area contributed by atoms with E-state index in [1.807, 2.05) is 22.9 Å². The second-order valence-corrected chi connectivity index (χ2v) is 6.10. The van der Waals surface area contributed by atoms with E-state index in [0.717, 1.165) is 5.39 Å². The fraction of sp³-hybridized carbons (Fsp3) is 0.111. The molecule has 1 amide bonds. The van der Waals surface area contributed by atoms with Crippen molar-refractivity contribution in [3.8, 4) is 11.7 Å². The summed E-state index contributed by atoms with van der Waals surface area (Å²) in [4.78, 5) is 35.5. The van der Waals surface area contributed by atoms with Crippen LogP contribution in [0.2, 0.25) is 0 Å². The van der Waals surface area contributed by atoms with Crippen molar-refractivity contribution in [1.29, 1.82) is 0 Å². The molecule has 2 N–H and O–H groups in total. The Balaban J connectivity index is 1.56. The highest BCUT2D eigenvalue weighted by Gasteiger charge is 2.29. The summed E-state index contributed by atoms with van der Waals surface area (Å²) in [6.07, 6.45) is 9.67. The van der Waals surface area contributed by atoms with Crippen LogP contribution in [0.1, 0.15) is 10.4 Å². The topological polar surface area (TPSA) is 125 Å². The van der Waals surface area contributed by atoms with Crippen molar-refractivity contribution in [1.82, 2.24) is 29.5 Å². The molecule has 1 aliphatic rings. The van der Waals surface area contributed by atoms with Crippen molar-refractivity contribution in [2.45, 2.75) is 0 Å². The quantitative estimate of drug-likeness (QED) is 0.555. The fourth-order valence-electron chi connectivity index (χ4n) is 3.17. The molecule has 1 aliphatic heterocycles. The molecule has 0 aromatic carbocycles. The zero-order valence-corrected chi connectivity index (χ0v) is 14.6. The van der Waals surface area contributed by atoms with Gasteiger partial charge in [-0.1, -0.05) is 0 Å². The van der Waals surface area contributed by atoms with Crippen LogP contribution in [-0.4, -0.2) is 48.5 Å². The summed E-state index contributed by atoms with van der Waals surface area (Å²) in [6, 6.07) is 3.79. The van der Waals surface area contributed by atoms with Gasteiger partial charge in [0.1, 0.15) is 30.0 Å². The summed E-state index contributed by atoms with van der Waals surface area (Å²) in [5.41, 5.74) is 7.40. The van der Waals surface area contributed by atoms with Crippen molar-refractivity contribution in [2.24, 2.45) is 0 Å². The Labute approximate surface area is 158 Å². The predicted molar refractivity (Wildman–Crippen MR) is 100 cm³/mol. The minimum absolute atomic E-state index is 0.0877. The molecule has 0 fully saturated rings. The number of ether oxygens (including phenoxy) is 1. The van der Waals surface area contributed by atoms with Crippen molar-refractivity contribution < 1.29 is 9.53 Å². The van der Waals surface area contributed by atoms with Crippen LogP contribution in [0.4, 0.5) is 11.5 Å². The number of hydrogen-bond acceptors (Lipinski definition) is 8. The summed E-state index contributed by atoms with van der Waals surface area (Å²) in [7, 11) is 0. The van der Waals surface area contributed by atoms with E-state index < -0.39 is 0 Å². The molecule has 138 valence electrons. The van der Waals surface area contributed by atoms with Crippen LogP contribution in [0.15, 0.2) is 49.4 Å². The number of carbonyl (C=O) groups is 1. The van der Waals surface area contributed by atoms with E-state index in [4.69, 9.17) is 10.5 Å². The number of rotatable bonds is 2. The van der Waals surface area contributed by atoms with Crippen molar-refractivity contribution in [3.63, 3.8) is 0 Å². The summed E-state index contributed by atoms with van der Waals surface area (Å²) < 4.78 is 7.40. The minimum atomic E-state index is -0.319. The lowest BCUT2D eigenvalue weighted by Gasteiger charge is -2.20. The van der Waals surface area contributed by atoms with Crippen LogP contribution in [0.25, 0.3) is 16.9 Å². The van der Waals surface area contributed by atoms with Crippen LogP contribution in [-0.2, 0) is 0 Å².